The third kappa shape index (κ3) is 5.99. The second-order valence-electron chi connectivity index (χ2n) is 8.98. The second kappa shape index (κ2) is 12.3. The molecule has 3 heterocycles. The Labute approximate surface area is 238 Å². The van der Waals surface area contributed by atoms with E-state index in [2.05, 4.69) is 31.1 Å². The van der Waals surface area contributed by atoms with Gasteiger partial charge in [-0.25, -0.2) is 0 Å². The topological polar surface area (TPSA) is 226 Å². The Bertz CT molecular complexity index is 1680. The third-order valence-corrected chi connectivity index (χ3v) is 6.42. The number of anilines is 2. The van der Waals surface area contributed by atoms with Crippen LogP contribution in [0.2, 0.25) is 0 Å². The van der Waals surface area contributed by atoms with E-state index in [0.29, 0.717) is 27.7 Å². The van der Waals surface area contributed by atoms with Gasteiger partial charge in [0.15, 0.2) is 0 Å². The number of aryl methyl sites for hydroxylation is 2. The van der Waals surface area contributed by atoms with Gasteiger partial charge in [0.1, 0.15) is 22.9 Å². The smallest absolute Gasteiger partial charge is 0.279 e. The van der Waals surface area contributed by atoms with Gasteiger partial charge in [0, 0.05) is 44.0 Å². The molecule has 0 unspecified atom stereocenters. The summed E-state index contributed by atoms with van der Waals surface area (Å²) >= 11 is 0. The molecule has 1 aromatic carbocycles. The van der Waals surface area contributed by atoms with E-state index in [0.717, 1.165) is 0 Å². The predicted molar refractivity (Wildman–Crippen MR) is 154 cm³/mol. The minimum absolute atomic E-state index is 0. The number of hydrogen-bond donors (Lipinski definition) is 7. The molecule has 0 saturated heterocycles. The first-order valence-electron chi connectivity index (χ1n) is 12.0. The molecule has 15 nitrogen and oxygen atoms in total. The van der Waals surface area contributed by atoms with Crippen molar-refractivity contribution in [3.05, 3.63) is 75.0 Å². The number of non-ortho nitro benzene ring substituents is 1. The number of aromatic amines is 2. The number of nitrogens with zero attached hydrogens (tertiary/aromatic N) is 3. The van der Waals surface area contributed by atoms with Crippen molar-refractivity contribution < 1.29 is 24.5 Å². The number of aromatic nitrogens is 3. The molecule has 3 aromatic heterocycles. The van der Waals surface area contributed by atoms with Gasteiger partial charge in [0.05, 0.1) is 27.2 Å². The van der Waals surface area contributed by atoms with Crippen molar-refractivity contribution in [3.8, 4) is 0 Å². The van der Waals surface area contributed by atoms with Gasteiger partial charge in [-0.2, -0.15) is 0 Å². The Morgan fingerprint density at radius 3 is 2.44 bits per heavy atom. The molecular weight excluding hydrogens is 558 g/mol. The maximum absolute atomic E-state index is 13.1. The molecule has 0 saturated carbocycles. The van der Waals surface area contributed by atoms with Gasteiger partial charge in [0.25, 0.3) is 23.4 Å². The number of rotatable bonds is 9. The van der Waals surface area contributed by atoms with Gasteiger partial charge >= 0.3 is 0 Å². The second-order valence-corrected chi connectivity index (χ2v) is 8.98. The first-order valence-corrected chi connectivity index (χ1v) is 12.0. The SMILES string of the molecule is Cc1c(NC(=O)c2[nH]c3cccc([N+](=O)[O-])c3c2C)c[nH]c1C(=O)Nc1ccn(C)c1C(=O)NCCC(N)=NO.Cl. The predicted octanol–water partition coefficient (Wildman–Crippen LogP) is 3.15. The highest BCUT2D eigenvalue weighted by Crippen LogP contribution is 2.31. The number of H-pyrrole nitrogens is 2. The minimum atomic E-state index is -0.549. The van der Waals surface area contributed by atoms with E-state index in [1.165, 1.54) is 22.9 Å². The van der Waals surface area contributed by atoms with Crippen molar-refractivity contribution in [2.24, 2.45) is 17.9 Å². The highest BCUT2D eigenvalue weighted by molar-refractivity contribution is 6.12. The minimum Gasteiger partial charge on any atom is -0.409 e. The first kappa shape index (κ1) is 30.2. The van der Waals surface area contributed by atoms with Crippen molar-refractivity contribution in [1.29, 1.82) is 0 Å². The summed E-state index contributed by atoms with van der Waals surface area (Å²) in [5, 5.41) is 31.3. The number of nitrogens with two attached hydrogens (primary N) is 1. The number of amidine groups is 1. The van der Waals surface area contributed by atoms with Crippen LogP contribution in [-0.2, 0) is 7.05 Å². The Morgan fingerprint density at radius 1 is 1.07 bits per heavy atom. The number of nitro groups is 1. The maximum Gasteiger partial charge on any atom is 0.279 e. The van der Waals surface area contributed by atoms with Crippen molar-refractivity contribution >= 4 is 63.9 Å². The van der Waals surface area contributed by atoms with Gasteiger partial charge in [-0.3, -0.25) is 24.5 Å². The van der Waals surface area contributed by atoms with Crippen LogP contribution in [0, 0.1) is 24.0 Å². The molecule has 3 amide bonds. The van der Waals surface area contributed by atoms with Crippen LogP contribution in [0.3, 0.4) is 0 Å². The van der Waals surface area contributed by atoms with E-state index in [1.807, 2.05) is 0 Å². The number of hydrogen-bond acceptors (Lipinski definition) is 7. The van der Waals surface area contributed by atoms with Crippen LogP contribution in [0.15, 0.2) is 41.8 Å². The zero-order valence-electron chi connectivity index (χ0n) is 22.2. The number of fused-ring (bicyclic) bond motifs is 1. The van der Waals surface area contributed by atoms with Gasteiger partial charge in [-0.05, 0) is 31.5 Å². The van der Waals surface area contributed by atoms with Crippen LogP contribution < -0.4 is 21.7 Å². The lowest BCUT2D eigenvalue weighted by atomic mass is 10.1. The van der Waals surface area contributed by atoms with Crippen molar-refractivity contribution in [2.45, 2.75) is 20.3 Å². The summed E-state index contributed by atoms with van der Waals surface area (Å²) in [5.74, 6) is -1.59. The molecule has 4 rings (SSSR count). The molecule has 8 N–H and O–H groups in total. The fourth-order valence-corrected chi connectivity index (χ4v) is 4.35. The Hall–Kier alpha value is -5.31. The Kier molecular flexibility index (Phi) is 9.03. The van der Waals surface area contributed by atoms with Crippen molar-refractivity contribution in [3.63, 3.8) is 0 Å². The number of benzene rings is 1. The number of nitro benzene ring substituents is 1. The molecule has 0 fully saturated rings. The van der Waals surface area contributed by atoms with E-state index in [9.17, 15) is 24.5 Å². The number of nitrogens with one attached hydrogen (secondary N) is 5. The molecule has 0 spiro atoms. The normalized spacial score (nSPS) is 11.1. The fourth-order valence-electron chi connectivity index (χ4n) is 4.35. The Balaban J connectivity index is 0.00000462. The van der Waals surface area contributed by atoms with Crippen LogP contribution in [0.1, 0.15) is 49.0 Å². The van der Waals surface area contributed by atoms with E-state index >= 15 is 0 Å². The van der Waals surface area contributed by atoms with E-state index in [-0.39, 0.29) is 59.7 Å². The lowest BCUT2D eigenvalue weighted by Gasteiger charge is -2.10. The zero-order valence-corrected chi connectivity index (χ0v) is 23.0. The Morgan fingerprint density at radius 2 is 1.76 bits per heavy atom. The lowest BCUT2D eigenvalue weighted by Crippen LogP contribution is -2.30. The monoisotopic (exact) mass is 585 g/mol. The van der Waals surface area contributed by atoms with Crippen LogP contribution in [-0.4, -0.2) is 54.8 Å². The standard InChI is InChI=1S/C25H27N9O6.ClH/c1-12-16(31-24(36)21-13(2)19-14(29-21)5-4-6-17(19)34(39)40)11-28-20(12)23(35)30-15-8-10-33(3)22(15)25(37)27-9-7-18(26)32-38;/h4-6,8,10-11,28-29,38H,7,9H2,1-3H3,(H2,26,32)(H,27,37)(H,30,35)(H,31,36);1H. The molecule has 0 bridgehead atoms. The van der Waals surface area contributed by atoms with Crippen LogP contribution in [0.5, 0.6) is 0 Å². The first-order chi connectivity index (χ1) is 19.0. The summed E-state index contributed by atoms with van der Waals surface area (Å²) in [7, 11) is 1.64. The van der Waals surface area contributed by atoms with E-state index in [1.54, 1.807) is 39.2 Å². The van der Waals surface area contributed by atoms with Crippen LogP contribution in [0.4, 0.5) is 17.1 Å². The van der Waals surface area contributed by atoms with E-state index < -0.39 is 22.6 Å². The van der Waals surface area contributed by atoms with Gasteiger partial charge in [0.2, 0.25) is 0 Å². The van der Waals surface area contributed by atoms with Gasteiger partial charge in [-0.15, -0.1) is 12.4 Å². The van der Waals surface area contributed by atoms with Crippen molar-refractivity contribution in [2.75, 3.05) is 17.2 Å². The molecule has 41 heavy (non-hydrogen) atoms. The molecule has 4 aromatic rings. The highest BCUT2D eigenvalue weighted by atomic mass is 35.5. The van der Waals surface area contributed by atoms with Crippen molar-refractivity contribution in [1.82, 2.24) is 19.9 Å². The molecule has 0 aliphatic heterocycles. The third-order valence-electron chi connectivity index (χ3n) is 6.42. The molecule has 0 aliphatic carbocycles. The number of carbonyl (C=O) groups excluding carboxylic acids is 3. The van der Waals surface area contributed by atoms with Gasteiger partial charge in [-0.1, -0.05) is 11.2 Å². The molecular formula is C25H28ClN9O6. The fraction of sp³-hybridized carbons (Fsp3) is 0.200. The summed E-state index contributed by atoms with van der Waals surface area (Å²) in [6.07, 6.45) is 3.20. The quantitative estimate of drug-likeness (QED) is 0.0509. The summed E-state index contributed by atoms with van der Waals surface area (Å²) in [6.45, 7) is 3.37. The largest absolute Gasteiger partial charge is 0.409 e. The number of amides is 3. The number of oxime groups is 1. The molecule has 16 heteroatoms. The average Bonchev–Trinajstić information content (AvgIpc) is 3.58. The highest BCUT2D eigenvalue weighted by Gasteiger charge is 2.24. The van der Waals surface area contributed by atoms with E-state index in [4.69, 9.17) is 10.9 Å². The molecule has 0 radical (unpaired) electrons. The lowest BCUT2D eigenvalue weighted by molar-refractivity contribution is -0.383. The van der Waals surface area contributed by atoms with Crippen LogP contribution >= 0.6 is 12.4 Å². The number of carbonyl (C=O) groups is 3. The number of halogens is 1. The van der Waals surface area contributed by atoms with Gasteiger partial charge < -0.3 is 41.4 Å². The summed E-state index contributed by atoms with van der Waals surface area (Å²) < 4.78 is 1.54. The molecule has 0 aliphatic rings. The average molecular weight is 586 g/mol. The molecule has 0 atom stereocenters. The summed E-state index contributed by atoms with van der Waals surface area (Å²) in [5.41, 5.74) is 7.70. The maximum atomic E-state index is 13.1. The summed E-state index contributed by atoms with van der Waals surface area (Å²) in [4.78, 5) is 55.5. The van der Waals surface area contributed by atoms with Crippen LogP contribution in [0.25, 0.3) is 10.9 Å². The molecule has 216 valence electrons. The summed E-state index contributed by atoms with van der Waals surface area (Å²) in [6, 6.07) is 6.11. The zero-order chi connectivity index (χ0) is 29.1.